The van der Waals surface area contributed by atoms with Crippen LogP contribution in [0.3, 0.4) is 0 Å². The average Bonchev–Trinajstić information content (AvgIpc) is 2.56. The van der Waals surface area contributed by atoms with Gasteiger partial charge in [0.25, 0.3) is 0 Å². The summed E-state index contributed by atoms with van der Waals surface area (Å²) in [6, 6.07) is 0. The van der Waals surface area contributed by atoms with Gasteiger partial charge in [-0.2, -0.15) is 0 Å². The maximum Gasteiger partial charge on any atom is 0.122 e. The van der Waals surface area contributed by atoms with Gasteiger partial charge in [-0.05, 0) is 41.4 Å². The van der Waals surface area contributed by atoms with Crippen LogP contribution in [0.25, 0.3) is 0 Å². The topological polar surface area (TPSA) is 30.7 Å². The standard InChI is InChI=1S/C12H22IN3/c1-4-5-6-7-8-16-12(13)11(14-15-16)9-10(2)3/h10H,4-9H2,1-3H3. The van der Waals surface area contributed by atoms with Crippen LogP contribution < -0.4 is 0 Å². The van der Waals surface area contributed by atoms with Crippen LogP contribution in [0, 0.1) is 9.62 Å². The molecule has 0 amide bonds. The first-order valence-electron chi connectivity index (χ1n) is 6.23. The van der Waals surface area contributed by atoms with Crippen LogP contribution in [0.4, 0.5) is 0 Å². The average molecular weight is 335 g/mol. The molecule has 0 radical (unpaired) electrons. The van der Waals surface area contributed by atoms with Crippen molar-refractivity contribution < 1.29 is 0 Å². The van der Waals surface area contributed by atoms with Crippen molar-refractivity contribution in [2.75, 3.05) is 0 Å². The normalized spacial score (nSPS) is 11.3. The molecule has 0 bridgehead atoms. The molecule has 0 saturated heterocycles. The molecule has 16 heavy (non-hydrogen) atoms. The summed E-state index contributed by atoms with van der Waals surface area (Å²) in [5.41, 5.74) is 1.16. The van der Waals surface area contributed by atoms with Crippen molar-refractivity contribution >= 4 is 22.6 Å². The Morgan fingerprint density at radius 3 is 2.62 bits per heavy atom. The molecule has 1 aromatic heterocycles. The molecule has 1 aromatic rings. The van der Waals surface area contributed by atoms with E-state index < -0.39 is 0 Å². The second kappa shape index (κ2) is 7.25. The Hall–Kier alpha value is -0.130. The van der Waals surface area contributed by atoms with Crippen molar-refractivity contribution in [2.45, 2.75) is 59.4 Å². The first-order chi connectivity index (χ1) is 7.65. The van der Waals surface area contributed by atoms with Crippen LogP contribution >= 0.6 is 22.6 Å². The molecule has 0 spiro atoms. The van der Waals surface area contributed by atoms with Crippen molar-refractivity contribution in [2.24, 2.45) is 5.92 Å². The molecule has 0 atom stereocenters. The Morgan fingerprint density at radius 1 is 1.25 bits per heavy atom. The third-order valence-electron chi connectivity index (χ3n) is 2.56. The van der Waals surface area contributed by atoms with Gasteiger partial charge < -0.3 is 0 Å². The highest BCUT2D eigenvalue weighted by Gasteiger charge is 2.10. The lowest BCUT2D eigenvalue weighted by molar-refractivity contribution is 0.520. The Balaban J connectivity index is 2.45. The summed E-state index contributed by atoms with van der Waals surface area (Å²) in [4.78, 5) is 0. The predicted molar refractivity (Wildman–Crippen MR) is 75.4 cm³/mol. The van der Waals surface area contributed by atoms with Gasteiger partial charge in [0.2, 0.25) is 0 Å². The van der Waals surface area contributed by atoms with Crippen LogP contribution in [0.2, 0.25) is 0 Å². The fourth-order valence-corrected chi connectivity index (χ4v) is 2.35. The van der Waals surface area contributed by atoms with Crippen molar-refractivity contribution in [3.63, 3.8) is 0 Å². The van der Waals surface area contributed by atoms with Gasteiger partial charge in [0.05, 0.1) is 5.69 Å². The molecule has 0 fully saturated rings. The molecule has 92 valence electrons. The molecule has 3 nitrogen and oxygen atoms in total. The van der Waals surface area contributed by atoms with E-state index in [2.05, 4.69) is 53.7 Å². The third kappa shape index (κ3) is 4.39. The van der Waals surface area contributed by atoms with E-state index >= 15 is 0 Å². The Labute approximate surface area is 112 Å². The molecule has 4 heteroatoms. The number of unbranched alkanes of at least 4 members (excludes halogenated alkanes) is 3. The fraction of sp³-hybridized carbons (Fsp3) is 0.833. The maximum atomic E-state index is 4.26. The van der Waals surface area contributed by atoms with Gasteiger partial charge in [0.1, 0.15) is 3.70 Å². The first kappa shape index (κ1) is 13.9. The van der Waals surface area contributed by atoms with Gasteiger partial charge in [0.15, 0.2) is 0 Å². The third-order valence-corrected chi connectivity index (χ3v) is 3.74. The highest BCUT2D eigenvalue weighted by atomic mass is 127. The van der Waals surface area contributed by atoms with Crippen molar-refractivity contribution in [1.29, 1.82) is 0 Å². The second-order valence-electron chi connectivity index (χ2n) is 4.71. The highest BCUT2D eigenvalue weighted by Crippen LogP contribution is 2.14. The molecule has 0 N–H and O–H groups in total. The van der Waals surface area contributed by atoms with Crippen LogP contribution in [0.5, 0.6) is 0 Å². The maximum absolute atomic E-state index is 4.26. The van der Waals surface area contributed by atoms with Gasteiger partial charge in [0, 0.05) is 6.54 Å². The highest BCUT2D eigenvalue weighted by molar-refractivity contribution is 14.1. The van der Waals surface area contributed by atoms with E-state index in [0.717, 1.165) is 18.7 Å². The Morgan fingerprint density at radius 2 is 2.00 bits per heavy atom. The molecular formula is C12H22IN3. The number of nitrogens with zero attached hydrogens (tertiary/aromatic N) is 3. The monoisotopic (exact) mass is 335 g/mol. The lowest BCUT2D eigenvalue weighted by Crippen LogP contribution is -2.04. The van der Waals surface area contributed by atoms with Gasteiger partial charge in [-0.1, -0.05) is 45.2 Å². The summed E-state index contributed by atoms with van der Waals surface area (Å²) in [5.74, 6) is 0.652. The van der Waals surface area contributed by atoms with Crippen molar-refractivity contribution in [3.8, 4) is 0 Å². The smallest absolute Gasteiger partial charge is 0.122 e. The van der Waals surface area contributed by atoms with E-state index in [1.807, 2.05) is 4.68 Å². The minimum atomic E-state index is 0.652. The fourth-order valence-electron chi connectivity index (χ4n) is 1.68. The summed E-state index contributed by atoms with van der Waals surface area (Å²) in [6.07, 6.45) is 6.16. The Bertz CT molecular complexity index is 307. The van der Waals surface area contributed by atoms with E-state index in [4.69, 9.17) is 0 Å². The number of halogens is 1. The second-order valence-corrected chi connectivity index (χ2v) is 5.73. The van der Waals surface area contributed by atoms with Crippen LogP contribution in [0.1, 0.15) is 52.1 Å². The molecule has 0 aromatic carbocycles. The van der Waals surface area contributed by atoms with E-state index in [9.17, 15) is 0 Å². The van der Waals surface area contributed by atoms with E-state index in [1.54, 1.807) is 0 Å². The first-order valence-corrected chi connectivity index (χ1v) is 7.30. The molecular weight excluding hydrogens is 313 g/mol. The van der Waals surface area contributed by atoms with Gasteiger partial charge >= 0.3 is 0 Å². The molecule has 1 rings (SSSR count). The Kier molecular flexibility index (Phi) is 6.31. The predicted octanol–water partition coefficient (Wildman–Crippen LogP) is 3.66. The number of rotatable bonds is 7. The number of aryl methyl sites for hydroxylation is 1. The van der Waals surface area contributed by atoms with Crippen molar-refractivity contribution in [1.82, 2.24) is 15.0 Å². The minimum Gasteiger partial charge on any atom is -0.239 e. The van der Waals surface area contributed by atoms with Crippen LogP contribution in [-0.4, -0.2) is 15.0 Å². The lowest BCUT2D eigenvalue weighted by atomic mass is 10.1. The summed E-state index contributed by atoms with van der Waals surface area (Å²) in [6.45, 7) is 7.69. The van der Waals surface area contributed by atoms with Crippen LogP contribution in [0.15, 0.2) is 0 Å². The summed E-state index contributed by atoms with van der Waals surface area (Å²) in [5, 5.41) is 8.49. The number of hydrogen-bond acceptors (Lipinski definition) is 2. The molecule has 0 aliphatic heterocycles. The lowest BCUT2D eigenvalue weighted by Gasteiger charge is -2.03. The molecule has 1 heterocycles. The summed E-state index contributed by atoms with van der Waals surface area (Å²) >= 11 is 2.37. The summed E-state index contributed by atoms with van der Waals surface area (Å²) in [7, 11) is 0. The zero-order valence-electron chi connectivity index (χ0n) is 10.5. The number of aromatic nitrogens is 3. The largest absolute Gasteiger partial charge is 0.239 e. The molecule has 0 aliphatic carbocycles. The molecule has 0 aliphatic rings. The zero-order chi connectivity index (χ0) is 12.0. The molecule has 0 saturated carbocycles. The quantitative estimate of drug-likeness (QED) is 0.562. The van der Waals surface area contributed by atoms with E-state index in [-0.39, 0.29) is 0 Å². The number of hydrogen-bond donors (Lipinski definition) is 0. The van der Waals surface area contributed by atoms with E-state index in [1.165, 1.54) is 29.4 Å². The van der Waals surface area contributed by atoms with E-state index in [0.29, 0.717) is 5.92 Å². The van der Waals surface area contributed by atoms with Gasteiger partial charge in [-0.25, -0.2) is 4.68 Å². The van der Waals surface area contributed by atoms with Crippen molar-refractivity contribution in [3.05, 3.63) is 9.39 Å². The SMILES string of the molecule is CCCCCCn1nnc(CC(C)C)c1I. The zero-order valence-corrected chi connectivity index (χ0v) is 12.7. The van der Waals surface area contributed by atoms with Gasteiger partial charge in [-0.15, -0.1) is 5.10 Å². The van der Waals surface area contributed by atoms with Crippen LogP contribution in [-0.2, 0) is 13.0 Å². The molecule has 0 unspecified atom stereocenters. The van der Waals surface area contributed by atoms with Gasteiger partial charge in [-0.3, -0.25) is 0 Å². The summed E-state index contributed by atoms with van der Waals surface area (Å²) < 4.78 is 3.27. The minimum absolute atomic E-state index is 0.652.